The fourth-order valence-corrected chi connectivity index (χ4v) is 6.46. The van der Waals surface area contributed by atoms with Crippen LogP contribution in [-0.2, 0) is 56.0 Å². The average molecular weight is 836 g/mol. The lowest BCUT2D eigenvalue weighted by Gasteiger charge is -2.27. The Bertz CT molecular complexity index is 1810. The second kappa shape index (κ2) is 24.5. The summed E-state index contributed by atoms with van der Waals surface area (Å²) in [4.78, 5) is 116. The van der Waals surface area contributed by atoms with Crippen LogP contribution in [0.2, 0.25) is 0 Å². The van der Waals surface area contributed by atoms with E-state index in [2.05, 4.69) is 37.2 Å². The molecule has 0 spiro atoms. The van der Waals surface area contributed by atoms with E-state index in [9.17, 15) is 48.3 Å². The van der Waals surface area contributed by atoms with E-state index in [0.29, 0.717) is 24.1 Å². The molecule has 0 radical (unpaired) electrons. The third kappa shape index (κ3) is 17.2. The number of carbonyl (C=O) groups is 9. The summed E-state index contributed by atoms with van der Waals surface area (Å²) in [5.41, 5.74) is 12.0. The Labute approximate surface area is 348 Å². The first kappa shape index (κ1) is 48.0. The van der Waals surface area contributed by atoms with E-state index in [1.54, 1.807) is 74.5 Å². The number of carbonyl (C=O) groups excluding carboxylic acids is 8. The molecule has 19 heteroatoms. The molecule has 326 valence electrons. The Kier molecular flexibility index (Phi) is 19.6. The minimum absolute atomic E-state index is 0.0385. The van der Waals surface area contributed by atoms with Crippen molar-refractivity contribution < 1.29 is 48.3 Å². The molecular formula is C41H57N9O10. The van der Waals surface area contributed by atoms with Crippen molar-refractivity contribution in [3.8, 4) is 0 Å². The van der Waals surface area contributed by atoms with E-state index in [1.807, 2.05) is 0 Å². The van der Waals surface area contributed by atoms with Gasteiger partial charge in [0.25, 0.3) is 0 Å². The van der Waals surface area contributed by atoms with Gasteiger partial charge in [-0.1, -0.05) is 74.5 Å². The highest BCUT2D eigenvalue weighted by atomic mass is 16.4. The van der Waals surface area contributed by atoms with Crippen molar-refractivity contribution >= 4 is 53.2 Å². The number of carboxylic acids is 1. The van der Waals surface area contributed by atoms with E-state index in [-0.39, 0.29) is 50.9 Å². The van der Waals surface area contributed by atoms with Crippen molar-refractivity contribution in [3.63, 3.8) is 0 Å². The van der Waals surface area contributed by atoms with Gasteiger partial charge < -0.3 is 53.8 Å². The van der Waals surface area contributed by atoms with Gasteiger partial charge in [-0.25, -0.2) is 4.79 Å². The summed E-state index contributed by atoms with van der Waals surface area (Å²) >= 11 is 0. The van der Waals surface area contributed by atoms with Crippen LogP contribution in [0.1, 0.15) is 69.9 Å². The minimum Gasteiger partial charge on any atom is -0.480 e. The summed E-state index contributed by atoms with van der Waals surface area (Å²) in [6, 6.07) is 10.1. The Morgan fingerprint density at radius 2 is 1.12 bits per heavy atom. The lowest BCUT2D eigenvalue weighted by Crippen LogP contribution is -2.59. The lowest BCUT2D eigenvalue weighted by molar-refractivity contribution is -0.142. The molecule has 1 aliphatic heterocycles. The number of amides is 8. The zero-order valence-corrected chi connectivity index (χ0v) is 33.9. The summed E-state index contributed by atoms with van der Waals surface area (Å²) in [7, 11) is 0. The number of rotatable bonds is 25. The maximum atomic E-state index is 14.2. The number of nitrogens with one attached hydrogen (secondary N) is 7. The number of primary amides is 2. The van der Waals surface area contributed by atoms with Crippen molar-refractivity contribution in [2.45, 2.75) is 108 Å². The minimum atomic E-state index is -1.46. The normalized spacial score (nSPS) is 15.9. The number of carboxylic acid groups (broad SMARTS) is 1. The molecule has 3 rings (SSSR count). The average Bonchev–Trinajstić information content (AvgIpc) is 3.75. The van der Waals surface area contributed by atoms with Gasteiger partial charge in [0.05, 0.1) is 12.6 Å². The predicted octanol–water partition coefficient (Wildman–Crippen LogP) is -1.57. The fraction of sp³-hybridized carbons (Fsp3) is 0.488. The van der Waals surface area contributed by atoms with Crippen molar-refractivity contribution in [1.29, 1.82) is 0 Å². The van der Waals surface area contributed by atoms with Crippen LogP contribution in [0.5, 0.6) is 0 Å². The highest BCUT2D eigenvalue weighted by molar-refractivity contribution is 5.97. The Balaban J connectivity index is 1.86. The smallest absolute Gasteiger partial charge is 0.326 e. The van der Waals surface area contributed by atoms with Crippen LogP contribution < -0.4 is 48.7 Å². The van der Waals surface area contributed by atoms with Crippen LogP contribution in [-0.4, -0.2) is 108 Å². The maximum absolute atomic E-state index is 14.2. The van der Waals surface area contributed by atoms with Crippen LogP contribution in [0, 0.1) is 5.92 Å². The van der Waals surface area contributed by atoms with Crippen LogP contribution in [0.15, 0.2) is 60.7 Å². The third-order valence-electron chi connectivity index (χ3n) is 9.60. The fourth-order valence-electron chi connectivity index (χ4n) is 6.46. The van der Waals surface area contributed by atoms with Crippen LogP contribution >= 0.6 is 0 Å². The molecule has 1 aliphatic rings. The van der Waals surface area contributed by atoms with Crippen LogP contribution in [0.4, 0.5) is 0 Å². The molecule has 0 unspecified atom stereocenters. The summed E-state index contributed by atoms with van der Waals surface area (Å²) in [5, 5.41) is 27.9. The van der Waals surface area contributed by atoms with Crippen LogP contribution in [0.3, 0.4) is 0 Å². The molecule has 0 saturated carbocycles. The van der Waals surface area contributed by atoms with E-state index >= 15 is 0 Å². The second-order valence-corrected chi connectivity index (χ2v) is 15.1. The highest BCUT2D eigenvalue weighted by Gasteiger charge is 2.33. The first-order chi connectivity index (χ1) is 28.5. The van der Waals surface area contributed by atoms with Crippen molar-refractivity contribution in [3.05, 3.63) is 71.8 Å². The first-order valence-electron chi connectivity index (χ1n) is 19.9. The van der Waals surface area contributed by atoms with Gasteiger partial charge in [0, 0.05) is 25.7 Å². The van der Waals surface area contributed by atoms with E-state index < -0.39 is 96.0 Å². The molecule has 1 saturated heterocycles. The zero-order chi connectivity index (χ0) is 44.2. The van der Waals surface area contributed by atoms with Gasteiger partial charge >= 0.3 is 5.97 Å². The lowest BCUT2D eigenvalue weighted by atomic mass is 10.0. The molecule has 2 aromatic carbocycles. The summed E-state index contributed by atoms with van der Waals surface area (Å²) in [5.74, 6) is -7.35. The molecule has 2 aromatic rings. The number of hydrogen-bond acceptors (Lipinski definition) is 10. The Morgan fingerprint density at radius 3 is 1.57 bits per heavy atom. The maximum Gasteiger partial charge on any atom is 0.326 e. The number of hydrogen-bond donors (Lipinski definition) is 10. The molecule has 0 bridgehead atoms. The third-order valence-corrected chi connectivity index (χ3v) is 9.60. The SMILES string of the molecule is CC(C)C[C@H](NC(=O)CNC(=O)[C@H](Cc1ccccc1)NC(=O)[C@H](Cc1ccccc1)NC(=O)[C@H](CCC(N)=O)NC(=O)[C@H](CCC(N)=O)NC(=O)[C@@H]1CCCN1)C(=O)O. The largest absolute Gasteiger partial charge is 0.480 e. The summed E-state index contributed by atoms with van der Waals surface area (Å²) in [6.07, 6.45) is 0.200. The quantitative estimate of drug-likeness (QED) is 0.0545. The van der Waals surface area contributed by atoms with Gasteiger partial charge in [0.1, 0.15) is 30.2 Å². The molecule has 19 nitrogen and oxygen atoms in total. The molecule has 60 heavy (non-hydrogen) atoms. The van der Waals surface area contributed by atoms with Crippen LogP contribution in [0.25, 0.3) is 0 Å². The Hall–Kier alpha value is -6.37. The zero-order valence-electron chi connectivity index (χ0n) is 33.9. The number of benzene rings is 2. The molecule has 0 aromatic heterocycles. The Morgan fingerprint density at radius 1 is 0.650 bits per heavy atom. The molecule has 12 N–H and O–H groups in total. The van der Waals surface area contributed by atoms with E-state index in [4.69, 9.17) is 11.5 Å². The predicted molar refractivity (Wildman–Crippen MR) is 218 cm³/mol. The van der Waals surface area contributed by atoms with Crippen molar-refractivity contribution in [2.24, 2.45) is 17.4 Å². The van der Waals surface area contributed by atoms with Gasteiger partial charge in [-0.2, -0.15) is 0 Å². The highest BCUT2D eigenvalue weighted by Crippen LogP contribution is 2.11. The molecule has 6 atom stereocenters. The standard InChI is InChI=1S/C41H57N9O10/c1-24(2)20-32(41(59)60)46-35(53)23-45-36(54)30(21-25-10-5-3-6-11-25)49-40(58)31(22-26-12-7-4-8-13-26)50-39(57)29(16-18-34(43)52)48-38(56)28(15-17-33(42)51)47-37(55)27-14-9-19-44-27/h3-8,10-13,24,27-32,44H,9,14-23H2,1-2H3,(H2,42,51)(H2,43,52)(H,45,54)(H,46,53)(H,47,55)(H,48,56)(H,49,58)(H,50,57)(H,59,60)/t27-,28-,29-,30-,31-,32-/m0/s1. The number of aliphatic carboxylic acids is 1. The number of nitrogens with two attached hydrogens (primary N) is 2. The molecule has 1 heterocycles. The van der Waals surface area contributed by atoms with Gasteiger partial charge in [0.2, 0.25) is 47.3 Å². The van der Waals surface area contributed by atoms with E-state index in [0.717, 1.165) is 6.42 Å². The topological polar surface area (TPSA) is 310 Å². The summed E-state index contributed by atoms with van der Waals surface area (Å²) < 4.78 is 0. The van der Waals surface area contributed by atoms with Gasteiger partial charge in [-0.3, -0.25) is 38.4 Å². The molecule has 0 aliphatic carbocycles. The van der Waals surface area contributed by atoms with Crippen molar-refractivity contribution in [1.82, 2.24) is 37.2 Å². The van der Waals surface area contributed by atoms with Gasteiger partial charge in [-0.05, 0) is 55.7 Å². The van der Waals surface area contributed by atoms with Crippen molar-refractivity contribution in [2.75, 3.05) is 13.1 Å². The van der Waals surface area contributed by atoms with Gasteiger partial charge in [-0.15, -0.1) is 0 Å². The van der Waals surface area contributed by atoms with Gasteiger partial charge in [0.15, 0.2) is 0 Å². The first-order valence-corrected chi connectivity index (χ1v) is 19.9. The monoisotopic (exact) mass is 835 g/mol. The molecular weight excluding hydrogens is 779 g/mol. The molecule has 1 fully saturated rings. The second-order valence-electron chi connectivity index (χ2n) is 15.1. The summed E-state index contributed by atoms with van der Waals surface area (Å²) in [6.45, 7) is 3.61. The molecule has 8 amide bonds. The van der Waals surface area contributed by atoms with E-state index in [1.165, 1.54) is 0 Å².